The van der Waals surface area contributed by atoms with Crippen LogP contribution in [0.3, 0.4) is 0 Å². The summed E-state index contributed by atoms with van der Waals surface area (Å²) >= 11 is 0. The summed E-state index contributed by atoms with van der Waals surface area (Å²) in [6, 6.07) is 0.334. The van der Waals surface area contributed by atoms with Gasteiger partial charge in [-0.1, -0.05) is 38.5 Å². The predicted octanol–water partition coefficient (Wildman–Crippen LogP) is 6.12. The Kier molecular flexibility index (Phi) is 13.8. The molecule has 3 saturated heterocycles. The average molecular weight is 760 g/mol. The third-order valence-corrected chi connectivity index (χ3v) is 13.9. The average Bonchev–Trinajstić information content (AvgIpc) is 3.71. The van der Waals surface area contributed by atoms with E-state index >= 15 is 0 Å². The molecule has 3 aliphatic heterocycles. The van der Waals surface area contributed by atoms with E-state index in [0.717, 1.165) is 44.1 Å². The molecule has 0 aromatic heterocycles. The lowest BCUT2D eigenvalue weighted by molar-refractivity contribution is -0.314. The fourth-order valence-electron chi connectivity index (χ4n) is 10.9. The van der Waals surface area contributed by atoms with Crippen LogP contribution in [0, 0.1) is 41.4 Å². The van der Waals surface area contributed by atoms with Crippen LogP contribution in [-0.2, 0) is 47.5 Å². The number of carbonyl (C=O) groups is 2. The minimum absolute atomic E-state index is 0.0325. The van der Waals surface area contributed by atoms with E-state index in [-0.39, 0.29) is 103 Å². The highest BCUT2D eigenvalue weighted by atomic mass is 16.7. The molecule has 6 aliphatic rings. The Morgan fingerprint density at radius 3 is 2.17 bits per heavy atom. The van der Waals surface area contributed by atoms with E-state index in [1.54, 1.807) is 21.3 Å². The van der Waals surface area contributed by atoms with Crippen molar-refractivity contribution in [1.29, 1.82) is 0 Å². The summed E-state index contributed by atoms with van der Waals surface area (Å²) in [5.74, 6) is 0.156. The second-order valence-corrected chi connectivity index (χ2v) is 17.7. The Bertz CT molecular complexity index is 1370. The van der Waals surface area contributed by atoms with Crippen LogP contribution >= 0.6 is 0 Å². The van der Waals surface area contributed by atoms with Gasteiger partial charge in [0.05, 0.1) is 30.8 Å². The van der Waals surface area contributed by atoms with Gasteiger partial charge in [-0.15, -0.1) is 0 Å². The minimum Gasteiger partial charge on any atom is -0.462 e. The van der Waals surface area contributed by atoms with Gasteiger partial charge in [0, 0.05) is 39.2 Å². The van der Waals surface area contributed by atoms with E-state index < -0.39 is 12.4 Å². The number of ketones is 1. The van der Waals surface area contributed by atoms with Crippen molar-refractivity contribution in [2.45, 2.75) is 160 Å². The Balaban J connectivity index is 1.24. The summed E-state index contributed by atoms with van der Waals surface area (Å²) in [6.07, 6.45) is 7.71. The standard InChI is InChI=1S/C43H69NO10/c1-22(2)35-13-12-14-36(54-38-16-15-34(44(7)8)25(5)50-38)24(4)39(46)33-20-31-29(32(33)21-37(45)53-35)17-23(3)28-18-27(19-30(28)31)52-43-42(49-11)41(48-10)40(47-9)26(6)51-43/h17,20,22,24-32,34-36,38,40-43H,12-16,18-19,21H2,1-11H3/t24-,25-,26+,27-,28+,29-,30-,31-,32+,34+,35-,36+,38+,40+,41-,42-,43+/m1/s1. The summed E-state index contributed by atoms with van der Waals surface area (Å²) in [6.45, 7) is 12.5. The molecule has 11 heteroatoms. The van der Waals surface area contributed by atoms with E-state index in [1.807, 2.05) is 13.8 Å². The molecule has 0 aromatic rings. The number of likely N-dealkylation sites (N-methyl/N-ethyl adjacent to an activating group) is 1. The number of fused-ring (bicyclic) bond motifs is 5. The van der Waals surface area contributed by atoms with Crippen molar-refractivity contribution in [3.8, 4) is 0 Å². The van der Waals surface area contributed by atoms with Crippen molar-refractivity contribution in [3.63, 3.8) is 0 Å². The van der Waals surface area contributed by atoms with Crippen LogP contribution in [-0.4, -0.2) is 120 Å². The molecule has 3 aliphatic carbocycles. The molecule has 0 amide bonds. The normalized spacial score (nSPS) is 44.8. The van der Waals surface area contributed by atoms with Crippen LogP contribution in [0.5, 0.6) is 0 Å². The topological polar surface area (TPSA) is 111 Å². The number of allylic oxidation sites excluding steroid dienone is 4. The first-order valence-electron chi connectivity index (χ1n) is 20.8. The third-order valence-electron chi connectivity index (χ3n) is 13.9. The van der Waals surface area contributed by atoms with Crippen molar-refractivity contribution in [2.75, 3.05) is 35.4 Å². The largest absolute Gasteiger partial charge is 0.462 e. The smallest absolute Gasteiger partial charge is 0.306 e. The van der Waals surface area contributed by atoms with E-state index in [4.69, 9.17) is 37.9 Å². The van der Waals surface area contributed by atoms with Gasteiger partial charge in [0.15, 0.2) is 18.4 Å². The molecule has 0 N–H and O–H groups in total. The van der Waals surface area contributed by atoms with Crippen LogP contribution in [0.1, 0.15) is 92.9 Å². The van der Waals surface area contributed by atoms with Crippen molar-refractivity contribution >= 4 is 11.8 Å². The number of ether oxygens (including phenoxy) is 8. The minimum atomic E-state index is -0.601. The van der Waals surface area contributed by atoms with Crippen molar-refractivity contribution in [3.05, 3.63) is 23.3 Å². The second kappa shape index (κ2) is 17.8. The zero-order chi connectivity index (χ0) is 39.0. The predicted molar refractivity (Wildman–Crippen MR) is 203 cm³/mol. The van der Waals surface area contributed by atoms with Gasteiger partial charge in [0.1, 0.15) is 24.4 Å². The Labute approximate surface area is 324 Å². The molecule has 54 heavy (non-hydrogen) atoms. The van der Waals surface area contributed by atoms with Gasteiger partial charge >= 0.3 is 5.97 Å². The molecule has 0 radical (unpaired) electrons. The van der Waals surface area contributed by atoms with Crippen molar-refractivity contribution in [2.24, 2.45) is 41.4 Å². The van der Waals surface area contributed by atoms with E-state index in [9.17, 15) is 9.59 Å². The monoisotopic (exact) mass is 759 g/mol. The van der Waals surface area contributed by atoms with Gasteiger partial charge in [-0.2, -0.15) is 0 Å². The number of carbonyl (C=O) groups excluding carboxylic acids is 2. The van der Waals surface area contributed by atoms with Crippen LogP contribution in [0.4, 0.5) is 0 Å². The summed E-state index contributed by atoms with van der Waals surface area (Å²) in [4.78, 5) is 30.7. The highest BCUT2D eigenvalue weighted by molar-refractivity contribution is 5.99. The fourth-order valence-corrected chi connectivity index (χ4v) is 10.9. The van der Waals surface area contributed by atoms with Crippen LogP contribution < -0.4 is 0 Å². The lowest BCUT2D eigenvalue weighted by atomic mass is 9.67. The number of rotatable bonds is 9. The molecule has 4 fully saturated rings. The first-order chi connectivity index (χ1) is 25.8. The van der Waals surface area contributed by atoms with Crippen LogP contribution in [0.15, 0.2) is 23.3 Å². The number of methoxy groups -OCH3 is 3. The maximum atomic E-state index is 14.8. The van der Waals surface area contributed by atoms with E-state index in [0.29, 0.717) is 18.4 Å². The number of esters is 1. The number of cyclic esters (lactones) is 1. The molecule has 1 saturated carbocycles. The molecular weight excluding hydrogens is 690 g/mol. The van der Waals surface area contributed by atoms with Crippen LogP contribution in [0.25, 0.3) is 0 Å². The second-order valence-electron chi connectivity index (χ2n) is 17.7. The molecule has 0 bridgehead atoms. The lowest BCUT2D eigenvalue weighted by Crippen LogP contribution is -2.59. The Hall–Kier alpha value is -1.70. The molecule has 3 heterocycles. The fraction of sp³-hybridized carbons (Fsp3) is 0.860. The highest BCUT2D eigenvalue weighted by Crippen LogP contribution is 2.56. The summed E-state index contributed by atoms with van der Waals surface area (Å²) in [5, 5.41) is 0. The number of Topliss-reactive ketones (excluding diaryl/α,β-unsaturated/α-hetero) is 1. The van der Waals surface area contributed by atoms with Crippen LogP contribution in [0.2, 0.25) is 0 Å². The van der Waals surface area contributed by atoms with Gasteiger partial charge in [0.25, 0.3) is 0 Å². The molecule has 11 nitrogen and oxygen atoms in total. The molecule has 0 unspecified atom stereocenters. The SMILES string of the molecule is CO[C@@H]1[C@@H](OC)[C@H](C)O[C@@H](O[C@H]2C[C@H]3[C@@H]4C=C5C(=O)[C@H](C)[C@@H](O[C@H]6CC[C@H](N(C)C)[C@@H](C)O6)CCC[C@H](C(C)C)OC(=O)C[C@H]5[C@@H]4C=C(C)[C@@H]3C2)[C@@H]1OC. The number of nitrogens with zero attached hydrogens (tertiary/aromatic N) is 1. The first-order valence-corrected chi connectivity index (χ1v) is 20.8. The third kappa shape index (κ3) is 8.59. The van der Waals surface area contributed by atoms with Gasteiger partial charge in [0.2, 0.25) is 0 Å². The van der Waals surface area contributed by atoms with Gasteiger partial charge in [-0.05, 0) is 115 Å². The van der Waals surface area contributed by atoms with Crippen molar-refractivity contribution in [1.82, 2.24) is 4.90 Å². The maximum absolute atomic E-state index is 14.8. The first kappa shape index (κ1) is 41.9. The van der Waals surface area contributed by atoms with Gasteiger partial charge in [-0.25, -0.2) is 0 Å². The number of hydrogen-bond acceptors (Lipinski definition) is 11. The Morgan fingerprint density at radius 1 is 0.796 bits per heavy atom. The number of hydrogen-bond donors (Lipinski definition) is 0. The van der Waals surface area contributed by atoms with E-state index in [1.165, 1.54) is 5.57 Å². The molecule has 17 atom stereocenters. The quantitative estimate of drug-likeness (QED) is 0.200. The molecule has 6 rings (SSSR count). The van der Waals surface area contributed by atoms with Crippen molar-refractivity contribution < 1.29 is 47.5 Å². The van der Waals surface area contributed by atoms with Gasteiger partial charge < -0.3 is 42.8 Å². The zero-order valence-corrected chi connectivity index (χ0v) is 34.7. The van der Waals surface area contributed by atoms with E-state index in [2.05, 4.69) is 58.8 Å². The molecule has 0 aromatic carbocycles. The maximum Gasteiger partial charge on any atom is 0.306 e. The summed E-state index contributed by atoms with van der Waals surface area (Å²) in [5.41, 5.74) is 2.07. The highest BCUT2D eigenvalue weighted by Gasteiger charge is 2.54. The molecule has 0 spiro atoms. The zero-order valence-electron chi connectivity index (χ0n) is 34.7. The molecule has 306 valence electrons. The lowest BCUT2D eigenvalue weighted by Gasteiger charge is -2.44. The Morgan fingerprint density at radius 2 is 1.52 bits per heavy atom. The summed E-state index contributed by atoms with van der Waals surface area (Å²) < 4.78 is 49.9. The summed E-state index contributed by atoms with van der Waals surface area (Å²) in [7, 11) is 9.17. The molecular formula is C43H69NO10. The van der Waals surface area contributed by atoms with Gasteiger partial charge in [-0.3, -0.25) is 9.59 Å².